The van der Waals surface area contributed by atoms with Gasteiger partial charge in [-0.2, -0.15) is 14.9 Å². The molecular weight excluding hydrogens is 446 g/mol. The third-order valence-electron chi connectivity index (χ3n) is 6.19. The van der Waals surface area contributed by atoms with Gasteiger partial charge >= 0.3 is 0 Å². The van der Waals surface area contributed by atoms with Crippen molar-refractivity contribution in [1.82, 2.24) is 29.9 Å². The van der Waals surface area contributed by atoms with Gasteiger partial charge in [0.1, 0.15) is 17.3 Å². The molecule has 10 heteroatoms. The highest BCUT2D eigenvalue weighted by Gasteiger charge is 2.17. The van der Waals surface area contributed by atoms with Gasteiger partial charge in [0.25, 0.3) is 5.56 Å². The summed E-state index contributed by atoms with van der Waals surface area (Å²) in [6.45, 7) is 1.99. The topological polar surface area (TPSA) is 122 Å². The maximum atomic E-state index is 12.7. The molecule has 0 atom stereocenters. The SMILES string of the molecule is COc1cc(OC)cc(-n2nc(-c3cc(-c4cnn(C5CCNCC5)c4)cnc3N)ccc2=O)c1. The van der Waals surface area contributed by atoms with Crippen LogP contribution in [0.4, 0.5) is 5.82 Å². The fraction of sp³-hybridized carbons (Fsp3) is 0.280. The van der Waals surface area contributed by atoms with Crippen LogP contribution in [0.2, 0.25) is 0 Å². The number of rotatable bonds is 6. The van der Waals surface area contributed by atoms with Crippen LogP contribution in [0.1, 0.15) is 18.9 Å². The van der Waals surface area contributed by atoms with Crippen molar-refractivity contribution in [2.24, 2.45) is 0 Å². The highest BCUT2D eigenvalue weighted by molar-refractivity contribution is 5.76. The first kappa shape index (κ1) is 22.6. The largest absolute Gasteiger partial charge is 0.497 e. The van der Waals surface area contributed by atoms with E-state index in [0.29, 0.717) is 40.3 Å². The third-order valence-corrected chi connectivity index (χ3v) is 6.19. The Labute approximate surface area is 202 Å². The molecule has 0 unspecified atom stereocenters. The number of piperidine rings is 1. The molecule has 35 heavy (non-hydrogen) atoms. The maximum Gasteiger partial charge on any atom is 0.271 e. The Kier molecular flexibility index (Phi) is 6.19. The van der Waals surface area contributed by atoms with E-state index in [9.17, 15) is 4.79 Å². The van der Waals surface area contributed by atoms with Crippen LogP contribution in [0, 0.1) is 0 Å². The number of anilines is 1. The predicted molar refractivity (Wildman–Crippen MR) is 133 cm³/mol. The first-order valence-corrected chi connectivity index (χ1v) is 11.4. The average Bonchev–Trinajstić information content (AvgIpc) is 3.40. The van der Waals surface area contributed by atoms with E-state index in [4.69, 9.17) is 15.2 Å². The van der Waals surface area contributed by atoms with Gasteiger partial charge in [-0.1, -0.05) is 0 Å². The molecule has 4 heterocycles. The molecular formula is C25H27N7O3. The molecule has 5 rings (SSSR count). The molecule has 0 spiro atoms. The molecule has 3 N–H and O–H groups in total. The number of nitrogens with two attached hydrogens (primary N) is 1. The van der Waals surface area contributed by atoms with Crippen molar-refractivity contribution in [3.05, 3.63) is 65.3 Å². The number of nitrogens with one attached hydrogen (secondary N) is 1. The second-order valence-corrected chi connectivity index (χ2v) is 8.39. The van der Waals surface area contributed by atoms with E-state index in [0.717, 1.165) is 37.1 Å². The number of nitrogens with zero attached hydrogens (tertiary/aromatic N) is 5. The van der Waals surface area contributed by atoms with Crippen molar-refractivity contribution in [3.8, 4) is 39.6 Å². The van der Waals surface area contributed by atoms with Crippen molar-refractivity contribution in [3.63, 3.8) is 0 Å². The van der Waals surface area contributed by atoms with Gasteiger partial charge in [-0.3, -0.25) is 9.48 Å². The molecule has 0 bridgehead atoms. The summed E-state index contributed by atoms with van der Waals surface area (Å²) in [6.07, 6.45) is 7.71. The molecule has 4 aromatic rings. The van der Waals surface area contributed by atoms with E-state index in [1.807, 2.05) is 23.1 Å². The third kappa shape index (κ3) is 4.60. The Hall–Kier alpha value is -4.18. The lowest BCUT2D eigenvalue weighted by molar-refractivity contribution is 0.343. The van der Waals surface area contributed by atoms with Crippen LogP contribution in [0.25, 0.3) is 28.1 Å². The van der Waals surface area contributed by atoms with Crippen LogP contribution in [0.5, 0.6) is 11.5 Å². The van der Waals surface area contributed by atoms with E-state index in [2.05, 4.69) is 20.5 Å². The fourth-order valence-corrected chi connectivity index (χ4v) is 4.25. The number of hydrogen-bond acceptors (Lipinski definition) is 8. The Balaban J connectivity index is 1.52. The summed E-state index contributed by atoms with van der Waals surface area (Å²) in [5.41, 5.74) is 9.41. The molecule has 0 saturated carbocycles. The van der Waals surface area contributed by atoms with Crippen molar-refractivity contribution < 1.29 is 9.47 Å². The molecule has 0 aliphatic carbocycles. The lowest BCUT2D eigenvalue weighted by Gasteiger charge is -2.22. The summed E-state index contributed by atoms with van der Waals surface area (Å²) in [5, 5.41) is 12.5. The Morgan fingerprint density at radius 1 is 1.00 bits per heavy atom. The molecule has 1 saturated heterocycles. The van der Waals surface area contributed by atoms with E-state index in [1.165, 1.54) is 10.7 Å². The zero-order valence-corrected chi connectivity index (χ0v) is 19.6. The van der Waals surface area contributed by atoms with Gasteiger partial charge in [-0.05, 0) is 38.1 Å². The molecule has 1 aliphatic heterocycles. The highest BCUT2D eigenvalue weighted by atomic mass is 16.5. The van der Waals surface area contributed by atoms with E-state index in [-0.39, 0.29) is 5.56 Å². The van der Waals surface area contributed by atoms with E-state index < -0.39 is 0 Å². The van der Waals surface area contributed by atoms with Gasteiger partial charge in [-0.25, -0.2) is 4.98 Å². The number of pyridine rings is 1. The van der Waals surface area contributed by atoms with Crippen LogP contribution in [0.3, 0.4) is 0 Å². The first-order chi connectivity index (χ1) is 17.1. The number of methoxy groups -OCH3 is 2. The summed E-state index contributed by atoms with van der Waals surface area (Å²) < 4.78 is 14.0. The van der Waals surface area contributed by atoms with Crippen LogP contribution in [-0.2, 0) is 0 Å². The van der Waals surface area contributed by atoms with Crippen LogP contribution >= 0.6 is 0 Å². The second-order valence-electron chi connectivity index (χ2n) is 8.39. The number of benzene rings is 1. The van der Waals surface area contributed by atoms with Gasteiger partial charge in [0.05, 0.1) is 37.8 Å². The van der Waals surface area contributed by atoms with Crippen molar-refractivity contribution in [1.29, 1.82) is 0 Å². The summed E-state index contributed by atoms with van der Waals surface area (Å²) >= 11 is 0. The first-order valence-electron chi connectivity index (χ1n) is 11.4. The average molecular weight is 474 g/mol. The van der Waals surface area contributed by atoms with Crippen molar-refractivity contribution >= 4 is 5.82 Å². The number of nitrogen functional groups attached to an aromatic ring is 1. The van der Waals surface area contributed by atoms with E-state index in [1.54, 1.807) is 44.7 Å². The van der Waals surface area contributed by atoms with Gasteiger partial charge in [0, 0.05) is 53.3 Å². The lowest BCUT2D eigenvalue weighted by atomic mass is 10.1. The van der Waals surface area contributed by atoms with Gasteiger partial charge < -0.3 is 20.5 Å². The normalized spacial score (nSPS) is 14.1. The summed E-state index contributed by atoms with van der Waals surface area (Å²) in [4.78, 5) is 17.1. The number of hydrogen-bond donors (Lipinski definition) is 2. The fourth-order valence-electron chi connectivity index (χ4n) is 4.25. The smallest absolute Gasteiger partial charge is 0.271 e. The molecule has 0 radical (unpaired) electrons. The lowest BCUT2D eigenvalue weighted by Crippen LogP contribution is -2.29. The molecule has 1 aliphatic rings. The van der Waals surface area contributed by atoms with Crippen molar-refractivity contribution in [2.45, 2.75) is 18.9 Å². The van der Waals surface area contributed by atoms with Crippen molar-refractivity contribution in [2.75, 3.05) is 33.0 Å². The van der Waals surface area contributed by atoms with Gasteiger partial charge in [-0.15, -0.1) is 0 Å². The predicted octanol–water partition coefficient (Wildman–Crippen LogP) is 2.68. The molecule has 0 amide bonds. The van der Waals surface area contributed by atoms with Crippen LogP contribution in [0.15, 0.2) is 59.8 Å². The molecule has 10 nitrogen and oxygen atoms in total. The second kappa shape index (κ2) is 9.59. The quantitative estimate of drug-likeness (QED) is 0.438. The maximum absolute atomic E-state index is 12.7. The van der Waals surface area contributed by atoms with Crippen LogP contribution in [-0.4, -0.2) is 51.9 Å². The Morgan fingerprint density at radius 3 is 2.46 bits per heavy atom. The van der Waals surface area contributed by atoms with Gasteiger partial charge in [0.15, 0.2) is 0 Å². The monoisotopic (exact) mass is 473 g/mol. The molecule has 1 aromatic carbocycles. The molecule has 3 aromatic heterocycles. The molecule has 180 valence electrons. The zero-order valence-electron chi connectivity index (χ0n) is 19.6. The summed E-state index contributed by atoms with van der Waals surface area (Å²) in [6, 6.07) is 10.6. The highest BCUT2D eigenvalue weighted by Crippen LogP contribution is 2.30. The minimum atomic E-state index is -0.296. The Bertz CT molecular complexity index is 1380. The zero-order chi connectivity index (χ0) is 24.4. The summed E-state index contributed by atoms with van der Waals surface area (Å²) in [5.74, 6) is 1.42. The molecule has 1 fully saturated rings. The number of ether oxygens (including phenoxy) is 2. The van der Waals surface area contributed by atoms with Crippen LogP contribution < -0.4 is 26.1 Å². The minimum absolute atomic E-state index is 0.296. The van der Waals surface area contributed by atoms with E-state index >= 15 is 0 Å². The summed E-state index contributed by atoms with van der Waals surface area (Å²) in [7, 11) is 3.10. The standard InChI is InChI=1S/C25H27N7O3/c1-34-20-10-19(11-21(12-20)35-2)32-24(33)4-3-23(30-32)22-9-16(13-28-25(22)26)17-14-29-31(15-17)18-5-7-27-8-6-18/h3-4,9-15,18,27H,5-8H2,1-2H3,(H2,26,28). The minimum Gasteiger partial charge on any atom is -0.497 e. The van der Waals surface area contributed by atoms with Gasteiger partial charge in [0.2, 0.25) is 0 Å². The Morgan fingerprint density at radius 2 is 1.74 bits per heavy atom. The number of aromatic nitrogens is 5.